The number of benzene rings is 6. The number of nitrogens with one attached hydrogen (secondary N) is 1. The van der Waals surface area contributed by atoms with Crippen LogP contribution in [0.15, 0.2) is 146 Å². The summed E-state index contributed by atoms with van der Waals surface area (Å²) in [6.45, 7) is 0. The van der Waals surface area contributed by atoms with Gasteiger partial charge in [-0.3, -0.25) is 5.32 Å². The second-order valence-corrected chi connectivity index (χ2v) is 11.3. The first-order valence-electron chi connectivity index (χ1n) is 14.4. The number of para-hydroxylation sites is 3. The van der Waals surface area contributed by atoms with Crippen LogP contribution in [0, 0.1) is 0 Å². The zero-order valence-corrected chi connectivity index (χ0v) is 22.9. The van der Waals surface area contributed by atoms with Gasteiger partial charge in [0.1, 0.15) is 5.66 Å². The highest BCUT2D eigenvalue weighted by atomic mass is 15.3. The van der Waals surface area contributed by atoms with Crippen molar-refractivity contribution in [3.05, 3.63) is 157 Å². The van der Waals surface area contributed by atoms with Gasteiger partial charge in [-0.05, 0) is 59.7 Å². The van der Waals surface area contributed by atoms with E-state index in [1.807, 2.05) is 6.07 Å². The molecule has 2 unspecified atom stereocenters. The van der Waals surface area contributed by atoms with E-state index in [2.05, 4.69) is 154 Å². The number of hydrogen-bond donors (Lipinski definition) is 2. The lowest BCUT2D eigenvalue weighted by molar-refractivity contribution is 0.688. The van der Waals surface area contributed by atoms with Crippen LogP contribution in [0.1, 0.15) is 17.2 Å². The van der Waals surface area contributed by atoms with E-state index >= 15 is 0 Å². The third-order valence-electron chi connectivity index (χ3n) is 8.95. The summed E-state index contributed by atoms with van der Waals surface area (Å²) in [6, 6.07) is 52.1. The van der Waals surface area contributed by atoms with E-state index in [-0.39, 0.29) is 6.04 Å². The number of aromatic nitrogens is 2. The maximum absolute atomic E-state index is 6.97. The molecule has 0 bridgehead atoms. The molecule has 1 aliphatic heterocycles. The summed E-state index contributed by atoms with van der Waals surface area (Å²) in [5.74, 6) is 0. The summed E-state index contributed by atoms with van der Waals surface area (Å²) in [4.78, 5) is 0. The predicted octanol–water partition coefficient (Wildman–Crippen LogP) is 8.34. The first-order valence-corrected chi connectivity index (χ1v) is 14.4. The van der Waals surface area contributed by atoms with Crippen molar-refractivity contribution in [1.29, 1.82) is 0 Å². The van der Waals surface area contributed by atoms with Crippen LogP contribution in [0.5, 0.6) is 0 Å². The minimum absolute atomic E-state index is 0.0910. The van der Waals surface area contributed by atoms with Gasteiger partial charge >= 0.3 is 0 Å². The van der Waals surface area contributed by atoms with Gasteiger partial charge in [0.25, 0.3) is 0 Å². The quantitative estimate of drug-likeness (QED) is 0.221. The van der Waals surface area contributed by atoms with Crippen molar-refractivity contribution in [3.8, 4) is 11.4 Å². The summed E-state index contributed by atoms with van der Waals surface area (Å²) in [6.07, 6.45) is 0. The van der Waals surface area contributed by atoms with Crippen molar-refractivity contribution in [3.63, 3.8) is 0 Å². The minimum Gasteiger partial charge on any atom is -0.309 e. The molecule has 0 aliphatic carbocycles. The van der Waals surface area contributed by atoms with Crippen LogP contribution in [0.2, 0.25) is 0 Å². The van der Waals surface area contributed by atoms with Crippen LogP contribution in [0.3, 0.4) is 0 Å². The van der Waals surface area contributed by atoms with Crippen LogP contribution in [0.25, 0.3) is 55.0 Å². The summed E-state index contributed by atoms with van der Waals surface area (Å²) >= 11 is 0. The molecule has 0 amide bonds. The van der Waals surface area contributed by atoms with E-state index in [4.69, 9.17) is 5.73 Å². The lowest BCUT2D eigenvalue weighted by Crippen LogP contribution is -2.25. The first-order chi connectivity index (χ1) is 20.7. The van der Waals surface area contributed by atoms with Gasteiger partial charge in [0.2, 0.25) is 0 Å². The second-order valence-electron chi connectivity index (χ2n) is 11.3. The highest BCUT2D eigenvalue weighted by molar-refractivity contribution is 6.19. The van der Waals surface area contributed by atoms with Crippen LogP contribution in [0.4, 0.5) is 0 Å². The molecule has 9 rings (SSSR count). The van der Waals surface area contributed by atoms with Crippen LogP contribution >= 0.6 is 0 Å². The molecule has 0 saturated carbocycles. The molecular weight excluding hydrogens is 512 g/mol. The Balaban J connectivity index is 1.31. The van der Waals surface area contributed by atoms with Gasteiger partial charge < -0.3 is 14.9 Å². The van der Waals surface area contributed by atoms with Gasteiger partial charge in [0.15, 0.2) is 0 Å². The monoisotopic (exact) mass is 540 g/mol. The molecule has 3 N–H and O–H groups in total. The maximum Gasteiger partial charge on any atom is 0.113 e. The van der Waals surface area contributed by atoms with Gasteiger partial charge in [-0.2, -0.15) is 0 Å². The smallest absolute Gasteiger partial charge is 0.113 e. The second kappa shape index (κ2) is 8.67. The fraction of sp³-hybridized carbons (Fsp3) is 0.0526. The Labute approximate surface area is 243 Å². The Morgan fingerprint density at radius 1 is 0.476 bits per heavy atom. The molecule has 2 aromatic heterocycles. The van der Waals surface area contributed by atoms with E-state index in [9.17, 15) is 0 Å². The lowest BCUT2D eigenvalue weighted by atomic mass is 9.99. The Hall–Kier alpha value is -5.16. The van der Waals surface area contributed by atoms with Crippen molar-refractivity contribution < 1.29 is 0 Å². The summed E-state index contributed by atoms with van der Waals surface area (Å²) in [5, 5.41) is 8.55. The number of rotatable bonds is 4. The van der Waals surface area contributed by atoms with E-state index in [1.165, 1.54) is 49.2 Å². The molecule has 0 radical (unpaired) electrons. The van der Waals surface area contributed by atoms with Gasteiger partial charge in [-0.15, -0.1) is 0 Å². The Bertz CT molecular complexity index is 2300. The molecule has 4 nitrogen and oxygen atoms in total. The molecule has 2 atom stereocenters. The summed E-state index contributed by atoms with van der Waals surface area (Å²) < 4.78 is 4.78. The van der Waals surface area contributed by atoms with Crippen molar-refractivity contribution >= 4 is 43.6 Å². The van der Waals surface area contributed by atoms with Crippen molar-refractivity contribution in [1.82, 2.24) is 14.5 Å². The van der Waals surface area contributed by atoms with Crippen molar-refractivity contribution in [2.75, 3.05) is 0 Å². The van der Waals surface area contributed by atoms with Crippen LogP contribution in [-0.4, -0.2) is 9.13 Å². The number of nitrogens with two attached hydrogens (primary N) is 1. The van der Waals surface area contributed by atoms with E-state index in [0.717, 1.165) is 16.9 Å². The Morgan fingerprint density at radius 3 is 1.69 bits per heavy atom. The fourth-order valence-electron chi connectivity index (χ4n) is 6.91. The predicted molar refractivity (Wildman–Crippen MR) is 173 cm³/mol. The van der Waals surface area contributed by atoms with Crippen LogP contribution < -0.4 is 11.1 Å². The number of fused-ring (bicyclic) bond motifs is 6. The molecule has 1 fully saturated rings. The largest absolute Gasteiger partial charge is 0.309 e. The third-order valence-corrected chi connectivity index (χ3v) is 8.95. The topological polar surface area (TPSA) is 57.8 Å². The molecule has 1 saturated heterocycles. The molecule has 8 aromatic rings. The maximum atomic E-state index is 6.97. The van der Waals surface area contributed by atoms with E-state index < -0.39 is 5.66 Å². The minimum atomic E-state index is -0.594. The van der Waals surface area contributed by atoms with Gasteiger partial charge in [-0.25, -0.2) is 0 Å². The highest BCUT2D eigenvalue weighted by Gasteiger charge is 2.52. The number of hydrogen-bond acceptors (Lipinski definition) is 2. The number of nitrogens with zero attached hydrogens (tertiary/aromatic N) is 2. The summed E-state index contributed by atoms with van der Waals surface area (Å²) in [7, 11) is 0. The third kappa shape index (κ3) is 3.31. The van der Waals surface area contributed by atoms with Gasteiger partial charge in [0.05, 0.1) is 28.1 Å². The van der Waals surface area contributed by atoms with Gasteiger partial charge in [0, 0.05) is 32.9 Å². The van der Waals surface area contributed by atoms with E-state index in [1.54, 1.807) is 0 Å². The Kier molecular flexibility index (Phi) is 4.86. The van der Waals surface area contributed by atoms with Crippen LogP contribution in [-0.2, 0) is 5.66 Å². The molecule has 1 aliphatic rings. The Morgan fingerprint density at radius 2 is 1.02 bits per heavy atom. The van der Waals surface area contributed by atoms with Crippen molar-refractivity contribution in [2.24, 2.45) is 5.73 Å². The first kappa shape index (κ1) is 23.5. The molecule has 4 heteroatoms. The van der Waals surface area contributed by atoms with Gasteiger partial charge in [-0.1, -0.05) is 97.1 Å². The SMILES string of the molecule is NC1(c2cccc(-n3c4ccccc4c4cc5c6ccccc6n(-c6ccccc6)c5cc43)c2)NC1c1ccccc1. The zero-order chi connectivity index (χ0) is 27.8. The zero-order valence-electron chi connectivity index (χ0n) is 22.9. The fourth-order valence-corrected chi connectivity index (χ4v) is 6.91. The normalized spacial score (nSPS) is 18.4. The standard InChI is InChI=1S/C38H28N4/c39-38(37(40-38)25-12-3-1-4-13-25)26-14-11-17-28(22-26)42-34-21-10-8-19-30(34)32-23-31-29-18-7-9-20-33(29)41(35(31)24-36(32)42)27-15-5-2-6-16-27/h1-24,37,40H,39H2. The molecule has 42 heavy (non-hydrogen) atoms. The molecule has 6 aromatic carbocycles. The summed E-state index contributed by atoms with van der Waals surface area (Å²) in [5.41, 5.74) is 15.7. The van der Waals surface area contributed by atoms with E-state index in [0.29, 0.717) is 0 Å². The average Bonchev–Trinajstić information content (AvgIpc) is 3.51. The molecule has 3 heterocycles. The lowest BCUT2D eigenvalue weighted by Gasteiger charge is -2.14. The van der Waals surface area contributed by atoms with Crippen molar-refractivity contribution in [2.45, 2.75) is 11.7 Å². The molecule has 0 spiro atoms. The average molecular weight is 541 g/mol. The molecule has 200 valence electrons. The molecular formula is C38H28N4. The highest BCUT2D eigenvalue weighted by Crippen LogP contribution is 2.45.